The predicted octanol–water partition coefficient (Wildman–Crippen LogP) is 3.44. The molecule has 1 unspecified atom stereocenters. The van der Waals surface area contributed by atoms with Gasteiger partial charge in [0.1, 0.15) is 6.79 Å². The summed E-state index contributed by atoms with van der Waals surface area (Å²) in [5.41, 5.74) is -5.56. The van der Waals surface area contributed by atoms with Crippen molar-refractivity contribution in [3.63, 3.8) is 0 Å². The monoisotopic (exact) mass is 406 g/mol. The van der Waals surface area contributed by atoms with Crippen molar-refractivity contribution in [2.45, 2.75) is 30.2 Å². The van der Waals surface area contributed by atoms with Crippen LogP contribution in [0.15, 0.2) is 0 Å². The number of hydrogen-bond donors (Lipinski definition) is 0. The Hall–Kier alpha value is -0.713. The van der Waals surface area contributed by atoms with Crippen molar-refractivity contribution in [1.29, 1.82) is 0 Å². The summed E-state index contributed by atoms with van der Waals surface area (Å²) in [4.78, 5) is 0. The maximum absolute atomic E-state index is 13.6. The highest BCUT2D eigenvalue weighted by molar-refractivity contribution is 6.63. The van der Waals surface area contributed by atoms with Gasteiger partial charge in [0, 0.05) is 14.2 Å². The standard InChI is InChI=1S/C8H9F11O4Si/c1-20-24(21-2,6(13,14)4(9)5(10,11)12)23-3-22-8(18,19)7(15,16)17/h4H,3H2,1-2H3. The summed E-state index contributed by atoms with van der Waals surface area (Å²) in [6.07, 6.45) is -23.2. The largest absolute Gasteiger partial charge is 0.579 e. The van der Waals surface area contributed by atoms with E-state index in [0.29, 0.717) is 0 Å². The lowest BCUT2D eigenvalue weighted by Crippen LogP contribution is -2.66. The fourth-order valence-corrected chi connectivity index (χ4v) is 3.02. The lowest BCUT2D eigenvalue weighted by Gasteiger charge is -2.35. The van der Waals surface area contributed by atoms with Gasteiger partial charge in [-0.05, 0) is 0 Å². The van der Waals surface area contributed by atoms with E-state index in [1.807, 2.05) is 0 Å². The molecule has 0 aliphatic carbocycles. The average Bonchev–Trinajstić information content (AvgIpc) is 2.40. The first-order chi connectivity index (χ1) is 10.5. The van der Waals surface area contributed by atoms with Crippen LogP contribution >= 0.6 is 0 Å². The van der Waals surface area contributed by atoms with Gasteiger partial charge in [-0.3, -0.25) is 4.74 Å². The van der Waals surface area contributed by atoms with Crippen LogP contribution in [0.2, 0.25) is 0 Å². The zero-order chi connectivity index (χ0) is 19.6. The number of alkyl halides is 11. The van der Waals surface area contributed by atoms with Crippen LogP contribution in [0, 0.1) is 0 Å². The van der Waals surface area contributed by atoms with Gasteiger partial charge in [0.15, 0.2) is 0 Å². The third kappa shape index (κ3) is 4.68. The van der Waals surface area contributed by atoms with Gasteiger partial charge in [0.05, 0.1) is 0 Å². The summed E-state index contributed by atoms with van der Waals surface area (Å²) in [6.45, 7) is -2.32. The van der Waals surface area contributed by atoms with Crippen LogP contribution in [0.3, 0.4) is 0 Å². The maximum atomic E-state index is 13.6. The lowest BCUT2D eigenvalue weighted by atomic mass is 10.4. The highest BCUT2D eigenvalue weighted by Gasteiger charge is 2.75. The van der Waals surface area contributed by atoms with Crippen LogP contribution in [0.5, 0.6) is 0 Å². The van der Waals surface area contributed by atoms with Gasteiger partial charge in [0.2, 0.25) is 0 Å². The van der Waals surface area contributed by atoms with Crippen LogP contribution in [-0.4, -0.2) is 60.0 Å². The summed E-state index contributed by atoms with van der Waals surface area (Å²) in [5, 5.41) is 0. The van der Waals surface area contributed by atoms with Crippen molar-refractivity contribution in [3.8, 4) is 0 Å². The third-order valence-electron chi connectivity index (χ3n) is 2.37. The van der Waals surface area contributed by atoms with E-state index in [0.717, 1.165) is 0 Å². The Morgan fingerprint density at radius 2 is 1.25 bits per heavy atom. The van der Waals surface area contributed by atoms with E-state index in [9.17, 15) is 48.3 Å². The van der Waals surface area contributed by atoms with Gasteiger partial charge < -0.3 is 13.3 Å². The fourth-order valence-electron chi connectivity index (χ4n) is 1.19. The normalized spacial score (nSPS) is 16.4. The van der Waals surface area contributed by atoms with E-state index in [1.165, 1.54) is 0 Å². The molecule has 0 aliphatic rings. The highest BCUT2D eigenvalue weighted by atomic mass is 28.4. The first kappa shape index (κ1) is 23.3. The lowest BCUT2D eigenvalue weighted by molar-refractivity contribution is -0.403. The maximum Gasteiger partial charge on any atom is 0.579 e. The minimum atomic E-state index is -6.27. The third-order valence-corrected chi connectivity index (χ3v) is 5.01. The Kier molecular flexibility index (Phi) is 7.05. The molecule has 146 valence electrons. The Morgan fingerprint density at radius 3 is 1.54 bits per heavy atom. The summed E-state index contributed by atoms with van der Waals surface area (Å²) >= 11 is 0. The van der Waals surface area contributed by atoms with Gasteiger partial charge in [-0.1, -0.05) is 0 Å². The van der Waals surface area contributed by atoms with Crippen molar-refractivity contribution in [2.75, 3.05) is 21.0 Å². The molecule has 0 aromatic rings. The Morgan fingerprint density at radius 1 is 0.833 bits per heavy atom. The summed E-state index contributed by atoms with van der Waals surface area (Å²) in [6, 6.07) is 0. The molecule has 24 heavy (non-hydrogen) atoms. The molecule has 1 atom stereocenters. The zero-order valence-corrected chi connectivity index (χ0v) is 12.6. The Bertz CT molecular complexity index is 406. The number of rotatable bonds is 8. The molecule has 0 aromatic carbocycles. The molecule has 0 aliphatic heterocycles. The van der Waals surface area contributed by atoms with E-state index in [1.54, 1.807) is 0 Å². The highest BCUT2D eigenvalue weighted by Crippen LogP contribution is 2.42. The smallest absolute Gasteiger partial charge is 0.373 e. The van der Waals surface area contributed by atoms with Crippen molar-refractivity contribution >= 4 is 8.80 Å². The number of halogens is 11. The van der Waals surface area contributed by atoms with E-state index >= 15 is 0 Å². The Balaban J connectivity index is 5.35. The molecule has 0 saturated carbocycles. The summed E-state index contributed by atoms with van der Waals surface area (Å²) < 4.78 is 151. The topological polar surface area (TPSA) is 36.9 Å². The van der Waals surface area contributed by atoms with Gasteiger partial charge in [-0.2, -0.15) is 43.9 Å². The quantitative estimate of drug-likeness (QED) is 0.352. The second-order valence-corrected chi connectivity index (χ2v) is 6.80. The minimum Gasteiger partial charge on any atom is -0.373 e. The van der Waals surface area contributed by atoms with Crippen molar-refractivity contribution < 1.29 is 66.3 Å². The molecule has 0 bridgehead atoms. The fraction of sp³-hybridized carbons (Fsp3) is 1.00. The van der Waals surface area contributed by atoms with Gasteiger partial charge in [0.25, 0.3) is 6.17 Å². The molecule has 0 amide bonds. The first-order valence-electron chi connectivity index (χ1n) is 5.40. The molecular weight excluding hydrogens is 397 g/mol. The van der Waals surface area contributed by atoms with Crippen LogP contribution in [0.1, 0.15) is 0 Å². The molecule has 4 nitrogen and oxygen atoms in total. The van der Waals surface area contributed by atoms with E-state index in [2.05, 4.69) is 18.0 Å². The molecule has 0 N–H and O–H groups in total. The molecule has 0 rings (SSSR count). The van der Waals surface area contributed by atoms with E-state index < -0.39 is 45.8 Å². The SMILES string of the molecule is CO[Si](OC)(OCOC(F)(F)C(F)(F)F)C(F)(F)C(F)C(F)(F)F. The van der Waals surface area contributed by atoms with E-state index in [4.69, 9.17) is 0 Å². The second kappa shape index (κ2) is 7.26. The van der Waals surface area contributed by atoms with Crippen LogP contribution in [-0.2, 0) is 18.0 Å². The minimum absolute atomic E-state index is 0.259. The first-order valence-corrected chi connectivity index (χ1v) is 7.12. The van der Waals surface area contributed by atoms with Crippen molar-refractivity contribution in [2.24, 2.45) is 0 Å². The molecule has 0 radical (unpaired) electrons. The zero-order valence-electron chi connectivity index (χ0n) is 11.6. The van der Waals surface area contributed by atoms with Gasteiger partial charge in [-0.25, -0.2) is 4.39 Å². The van der Waals surface area contributed by atoms with Crippen LogP contribution < -0.4 is 0 Å². The van der Waals surface area contributed by atoms with Crippen LogP contribution in [0.25, 0.3) is 0 Å². The predicted molar refractivity (Wildman–Crippen MR) is 53.7 cm³/mol. The number of hydrogen-bond acceptors (Lipinski definition) is 4. The summed E-state index contributed by atoms with van der Waals surface area (Å²) in [7, 11) is -5.54. The Labute approximate surface area is 127 Å². The van der Waals surface area contributed by atoms with Gasteiger partial charge in [-0.15, -0.1) is 0 Å². The van der Waals surface area contributed by atoms with Crippen molar-refractivity contribution in [3.05, 3.63) is 0 Å². The van der Waals surface area contributed by atoms with E-state index in [-0.39, 0.29) is 14.2 Å². The summed E-state index contributed by atoms with van der Waals surface area (Å²) in [5.74, 6) is 0. The average molecular weight is 406 g/mol. The molecule has 0 aromatic heterocycles. The molecule has 0 spiro atoms. The van der Waals surface area contributed by atoms with Gasteiger partial charge >= 0.3 is 32.8 Å². The van der Waals surface area contributed by atoms with Crippen molar-refractivity contribution in [1.82, 2.24) is 0 Å². The molecule has 0 heterocycles. The molecule has 0 saturated heterocycles. The molecule has 16 heteroatoms. The van der Waals surface area contributed by atoms with Crippen LogP contribution in [0.4, 0.5) is 48.3 Å². The molecule has 0 fully saturated rings. The second-order valence-electron chi connectivity index (χ2n) is 3.91. The number of ether oxygens (including phenoxy) is 1. The molecular formula is C8H9F11O4Si.